The van der Waals surface area contributed by atoms with Crippen molar-refractivity contribution in [1.29, 1.82) is 0 Å². The zero-order valence-electron chi connectivity index (χ0n) is 13.5. The molecule has 0 N–H and O–H groups in total. The van der Waals surface area contributed by atoms with Crippen molar-refractivity contribution >= 4 is 29.2 Å². The number of hydrogen-bond acceptors (Lipinski definition) is 4. The van der Waals surface area contributed by atoms with Crippen LogP contribution in [-0.2, 0) is 9.53 Å². The molecule has 128 valence electrons. The van der Waals surface area contributed by atoms with Gasteiger partial charge in [-0.1, -0.05) is 35.3 Å². The average molecular weight is 369 g/mol. The highest BCUT2D eigenvalue weighted by Crippen LogP contribution is 2.27. The van der Waals surface area contributed by atoms with Crippen molar-refractivity contribution in [1.82, 2.24) is 0 Å². The molecule has 2 rings (SSSR count). The van der Waals surface area contributed by atoms with Gasteiger partial charge in [0.15, 0.2) is 6.61 Å². The predicted octanol–water partition coefficient (Wildman–Crippen LogP) is 4.61. The second kappa shape index (κ2) is 8.81. The van der Waals surface area contributed by atoms with Crippen molar-refractivity contribution in [3.05, 3.63) is 57.6 Å². The Kier molecular flexibility index (Phi) is 6.76. The summed E-state index contributed by atoms with van der Waals surface area (Å²) >= 11 is 11.7. The smallest absolute Gasteiger partial charge is 0.344 e. The number of carbonyl (C=O) groups excluding carboxylic acids is 1. The third kappa shape index (κ3) is 5.32. The number of benzene rings is 2. The molecule has 0 unspecified atom stereocenters. The Labute approximate surface area is 151 Å². The fourth-order valence-electron chi connectivity index (χ4n) is 1.96. The van der Waals surface area contributed by atoms with E-state index in [1.165, 1.54) is 0 Å². The molecular weight excluding hydrogens is 351 g/mol. The minimum atomic E-state index is -0.495. The lowest BCUT2D eigenvalue weighted by molar-refractivity contribution is -0.146. The van der Waals surface area contributed by atoms with Gasteiger partial charge in [-0.2, -0.15) is 0 Å². The summed E-state index contributed by atoms with van der Waals surface area (Å²) in [6, 6.07) is 10.6. The Bertz CT molecular complexity index is 716. The van der Waals surface area contributed by atoms with Crippen molar-refractivity contribution in [3.63, 3.8) is 0 Å². The number of esters is 1. The summed E-state index contributed by atoms with van der Waals surface area (Å²) in [7, 11) is 0. The van der Waals surface area contributed by atoms with E-state index in [4.69, 9.17) is 37.4 Å². The third-order valence-corrected chi connectivity index (χ3v) is 3.93. The summed E-state index contributed by atoms with van der Waals surface area (Å²) < 4.78 is 16.0. The maximum Gasteiger partial charge on any atom is 0.344 e. The van der Waals surface area contributed by atoms with Crippen molar-refractivity contribution in [2.45, 2.75) is 13.8 Å². The van der Waals surface area contributed by atoms with E-state index < -0.39 is 5.97 Å². The summed E-state index contributed by atoms with van der Waals surface area (Å²) in [6.45, 7) is 4.19. The van der Waals surface area contributed by atoms with Crippen LogP contribution in [0.5, 0.6) is 11.5 Å². The van der Waals surface area contributed by atoms with E-state index in [9.17, 15) is 4.79 Å². The Morgan fingerprint density at radius 1 is 1.00 bits per heavy atom. The van der Waals surface area contributed by atoms with Crippen LogP contribution in [0.1, 0.15) is 11.1 Å². The van der Waals surface area contributed by atoms with Crippen LogP contribution in [0.15, 0.2) is 36.4 Å². The Balaban J connectivity index is 1.71. The second-order valence-corrected chi connectivity index (χ2v) is 5.97. The number of aryl methyl sites for hydroxylation is 1. The summed E-state index contributed by atoms with van der Waals surface area (Å²) in [4.78, 5) is 11.7. The molecule has 6 heteroatoms. The monoisotopic (exact) mass is 368 g/mol. The lowest BCUT2D eigenvalue weighted by Gasteiger charge is -2.11. The van der Waals surface area contributed by atoms with Gasteiger partial charge in [-0.15, -0.1) is 0 Å². The van der Waals surface area contributed by atoms with Gasteiger partial charge in [0.2, 0.25) is 0 Å². The number of ether oxygens (including phenoxy) is 3. The van der Waals surface area contributed by atoms with E-state index in [2.05, 4.69) is 0 Å². The van der Waals surface area contributed by atoms with Crippen LogP contribution in [-0.4, -0.2) is 25.8 Å². The zero-order chi connectivity index (χ0) is 17.5. The van der Waals surface area contributed by atoms with Crippen LogP contribution < -0.4 is 9.47 Å². The first kappa shape index (κ1) is 18.4. The van der Waals surface area contributed by atoms with Gasteiger partial charge in [0.1, 0.15) is 24.7 Å². The molecular formula is C18H18Cl2O4. The minimum absolute atomic E-state index is 0.143. The first-order valence-electron chi connectivity index (χ1n) is 7.40. The molecule has 0 amide bonds. The molecule has 0 fully saturated rings. The molecule has 0 atom stereocenters. The molecule has 4 nitrogen and oxygen atoms in total. The van der Waals surface area contributed by atoms with E-state index in [1.807, 2.05) is 32.0 Å². The van der Waals surface area contributed by atoms with Crippen LogP contribution in [0.3, 0.4) is 0 Å². The normalized spacial score (nSPS) is 10.3. The van der Waals surface area contributed by atoms with Gasteiger partial charge in [0.05, 0.1) is 5.02 Å². The standard InChI is InChI=1S/C18H18Cl2O4/c1-12-4-3-5-16(13(12)2)22-8-9-23-18(21)11-24-17-7-6-14(19)10-15(17)20/h3-7,10H,8-9,11H2,1-2H3. The van der Waals surface area contributed by atoms with Crippen LogP contribution in [0.4, 0.5) is 0 Å². The lowest BCUT2D eigenvalue weighted by atomic mass is 10.1. The van der Waals surface area contributed by atoms with Gasteiger partial charge in [-0.05, 0) is 49.2 Å². The van der Waals surface area contributed by atoms with E-state index in [0.717, 1.165) is 16.9 Å². The highest BCUT2D eigenvalue weighted by atomic mass is 35.5. The second-order valence-electron chi connectivity index (χ2n) is 5.13. The van der Waals surface area contributed by atoms with Crippen molar-refractivity contribution in [2.75, 3.05) is 19.8 Å². The maximum absolute atomic E-state index is 11.7. The predicted molar refractivity (Wildman–Crippen MR) is 94.3 cm³/mol. The molecule has 0 spiro atoms. The topological polar surface area (TPSA) is 44.8 Å². The summed E-state index contributed by atoms with van der Waals surface area (Å²) in [6.07, 6.45) is 0. The van der Waals surface area contributed by atoms with Crippen molar-refractivity contribution in [2.24, 2.45) is 0 Å². The molecule has 0 bridgehead atoms. The molecule has 0 aliphatic heterocycles. The van der Waals surface area contributed by atoms with E-state index in [1.54, 1.807) is 18.2 Å². The molecule has 0 saturated heterocycles. The van der Waals surface area contributed by atoms with Crippen LogP contribution in [0.25, 0.3) is 0 Å². The summed E-state index contributed by atoms with van der Waals surface area (Å²) in [5, 5.41) is 0.840. The lowest BCUT2D eigenvalue weighted by Crippen LogP contribution is -2.18. The molecule has 0 saturated carbocycles. The fraction of sp³-hybridized carbons (Fsp3) is 0.278. The molecule has 2 aromatic rings. The number of halogens is 2. The Morgan fingerprint density at radius 2 is 1.79 bits per heavy atom. The van der Waals surface area contributed by atoms with Gasteiger partial charge < -0.3 is 14.2 Å². The SMILES string of the molecule is Cc1cccc(OCCOC(=O)COc2ccc(Cl)cc2Cl)c1C. The Hall–Kier alpha value is -1.91. The van der Waals surface area contributed by atoms with Gasteiger partial charge in [-0.25, -0.2) is 4.79 Å². The first-order valence-corrected chi connectivity index (χ1v) is 8.15. The fourth-order valence-corrected chi connectivity index (χ4v) is 2.42. The largest absolute Gasteiger partial charge is 0.490 e. The highest BCUT2D eigenvalue weighted by Gasteiger charge is 2.08. The van der Waals surface area contributed by atoms with Crippen molar-refractivity contribution < 1.29 is 19.0 Å². The van der Waals surface area contributed by atoms with Gasteiger partial charge in [-0.3, -0.25) is 0 Å². The van der Waals surface area contributed by atoms with E-state index in [0.29, 0.717) is 15.8 Å². The molecule has 0 heterocycles. The Morgan fingerprint density at radius 3 is 2.54 bits per heavy atom. The van der Waals surface area contributed by atoms with Crippen molar-refractivity contribution in [3.8, 4) is 11.5 Å². The maximum atomic E-state index is 11.7. The van der Waals surface area contributed by atoms with Crippen LogP contribution in [0.2, 0.25) is 10.0 Å². The third-order valence-electron chi connectivity index (χ3n) is 3.40. The molecule has 0 aliphatic carbocycles. The molecule has 24 heavy (non-hydrogen) atoms. The molecule has 0 aromatic heterocycles. The van der Waals surface area contributed by atoms with Gasteiger partial charge >= 0.3 is 5.97 Å². The van der Waals surface area contributed by atoms with Gasteiger partial charge in [0.25, 0.3) is 0 Å². The molecule has 0 radical (unpaired) electrons. The first-order chi connectivity index (χ1) is 11.5. The van der Waals surface area contributed by atoms with Gasteiger partial charge in [0, 0.05) is 5.02 Å². The average Bonchev–Trinajstić information content (AvgIpc) is 2.54. The minimum Gasteiger partial charge on any atom is -0.490 e. The number of rotatable bonds is 7. The highest BCUT2D eigenvalue weighted by molar-refractivity contribution is 6.35. The molecule has 2 aromatic carbocycles. The van der Waals surface area contributed by atoms with Crippen LogP contribution >= 0.6 is 23.2 Å². The van der Waals surface area contributed by atoms with E-state index >= 15 is 0 Å². The number of hydrogen-bond donors (Lipinski definition) is 0. The number of carbonyl (C=O) groups is 1. The molecule has 0 aliphatic rings. The zero-order valence-corrected chi connectivity index (χ0v) is 15.0. The quantitative estimate of drug-likeness (QED) is 0.528. The van der Waals surface area contributed by atoms with E-state index in [-0.39, 0.29) is 19.8 Å². The summed E-state index contributed by atoms with van der Waals surface area (Å²) in [5.74, 6) is 0.672. The summed E-state index contributed by atoms with van der Waals surface area (Å²) in [5.41, 5.74) is 2.22. The van der Waals surface area contributed by atoms with Crippen LogP contribution in [0, 0.1) is 13.8 Å².